The highest BCUT2D eigenvalue weighted by molar-refractivity contribution is 5.31. The van der Waals surface area contributed by atoms with Gasteiger partial charge >= 0.3 is 0 Å². The van der Waals surface area contributed by atoms with Crippen molar-refractivity contribution in [2.24, 2.45) is 0 Å². The normalized spacial score (nSPS) is 10.7. The van der Waals surface area contributed by atoms with E-state index >= 15 is 0 Å². The minimum absolute atomic E-state index is 0.668. The van der Waals surface area contributed by atoms with E-state index in [1.165, 1.54) is 11.3 Å². The second-order valence-electron chi connectivity index (χ2n) is 4.77. The van der Waals surface area contributed by atoms with Gasteiger partial charge in [0.2, 0.25) is 0 Å². The molecular weight excluding hydrogens is 238 g/mol. The van der Waals surface area contributed by atoms with Crippen LogP contribution in [0.25, 0.3) is 0 Å². The molecule has 0 aliphatic rings. The summed E-state index contributed by atoms with van der Waals surface area (Å²) in [6, 6.07) is 0. The predicted octanol–water partition coefficient (Wildman–Crippen LogP) is 2.47. The van der Waals surface area contributed by atoms with Crippen LogP contribution in [0.15, 0.2) is 12.4 Å². The van der Waals surface area contributed by atoms with E-state index in [1.807, 2.05) is 17.8 Å². The molecule has 0 unspecified atom stereocenters. The van der Waals surface area contributed by atoms with E-state index in [4.69, 9.17) is 0 Å². The van der Waals surface area contributed by atoms with Gasteiger partial charge in [0, 0.05) is 12.2 Å². The number of aromatic nitrogens is 4. The molecule has 2 rings (SSSR count). The van der Waals surface area contributed by atoms with Crippen molar-refractivity contribution < 1.29 is 0 Å². The molecule has 0 spiro atoms. The summed E-state index contributed by atoms with van der Waals surface area (Å²) in [5.41, 5.74) is 4.43. The number of rotatable bonds is 5. The number of nitrogens with one attached hydrogen (secondary N) is 1. The molecule has 2 heterocycles. The molecule has 0 radical (unpaired) electrons. The Kier molecular flexibility index (Phi) is 4.14. The standard InChI is InChI=1S/C14H21N5/c1-5-6-15-14-8-16-13(7-17-14)9-19-12(4)10(2)11(3)18-19/h7-8H,5-6,9H2,1-4H3,(H,15,17). The molecular formula is C14H21N5. The zero-order chi connectivity index (χ0) is 13.8. The molecule has 5 nitrogen and oxygen atoms in total. The third-order valence-electron chi connectivity index (χ3n) is 3.32. The Balaban J connectivity index is 2.08. The number of nitrogens with zero attached hydrogens (tertiary/aromatic N) is 4. The predicted molar refractivity (Wildman–Crippen MR) is 76.4 cm³/mol. The van der Waals surface area contributed by atoms with Crippen molar-refractivity contribution in [1.29, 1.82) is 0 Å². The molecule has 2 aromatic rings. The monoisotopic (exact) mass is 259 g/mol. The van der Waals surface area contributed by atoms with E-state index in [2.05, 4.69) is 41.2 Å². The first-order valence-electron chi connectivity index (χ1n) is 6.67. The van der Waals surface area contributed by atoms with Crippen molar-refractivity contribution in [2.45, 2.75) is 40.7 Å². The largest absolute Gasteiger partial charge is 0.369 e. The molecule has 5 heteroatoms. The molecule has 0 bridgehead atoms. The number of hydrogen-bond acceptors (Lipinski definition) is 4. The quantitative estimate of drug-likeness (QED) is 0.896. The first-order chi connectivity index (χ1) is 9.11. The average Bonchev–Trinajstić information content (AvgIpc) is 2.66. The molecule has 0 atom stereocenters. The van der Waals surface area contributed by atoms with Crippen molar-refractivity contribution in [3.05, 3.63) is 35.0 Å². The van der Waals surface area contributed by atoms with Crippen LogP contribution in [-0.4, -0.2) is 26.3 Å². The van der Waals surface area contributed by atoms with Crippen LogP contribution in [0.3, 0.4) is 0 Å². The van der Waals surface area contributed by atoms with Gasteiger partial charge in [-0.25, -0.2) is 4.98 Å². The lowest BCUT2D eigenvalue weighted by molar-refractivity contribution is 0.644. The maximum Gasteiger partial charge on any atom is 0.144 e. The summed E-state index contributed by atoms with van der Waals surface area (Å²) in [7, 11) is 0. The highest BCUT2D eigenvalue weighted by Gasteiger charge is 2.08. The van der Waals surface area contributed by atoms with Crippen LogP contribution < -0.4 is 5.32 Å². The highest BCUT2D eigenvalue weighted by Crippen LogP contribution is 2.12. The third kappa shape index (κ3) is 3.10. The topological polar surface area (TPSA) is 55.6 Å². The Morgan fingerprint density at radius 1 is 1.16 bits per heavy atom. The summed E-state index contributed by atoms with van der Waals surface area (Å²) in [4.78, 5) is 8.78. The van der Waals surface area contributed by atoms with E-state index < -0.39 is 0 Å². The fourth-order valence-electron chi connectivity index (χ4n) is 1.87. The van der Waals surface area contributed by atoms with Gasteiger partial charge in [0.25, 0.3) is 0 Å². The van der Waals surface area contributed by atoms with E-state index in [0.717, 1.165) is 30.2 Å². The van der Waals surface area contributed by atoms with Gasteiger partial charge in [-0.05, 0) is 32.8 Å². The van der Waals surface area contributed by atoms with E-state index in [-0.39, 0.29) is 0 Å². The van der Waals surface area contributed by atoms with Crippen molar-refractivity contribution in [2.75, 3.05) is 11.9 Å². The summed E-state index contributed by atoms with van der Waals surface area (Å²) < 4.78 is 1.98. The fourth-order valence-corrected chi connectivity index (χ4v) is 1.87. The third-order valence-corrected chi connectivity index (χ3v) is 3.32. The molecule has 0 aliphatic carbocycles. The lowest BCUT2D eigenvalue weighted by Crippen LogP contribution is -2.08. The van der Waals surface area contributed by atoms with Gasteiger partial charge in [0.15, 0.2) is 0 Å². The van der Waals surface area contributed by atoms with Crippen LogP contribution in [-0.2, 0) is 6.54 Å². The summed E-state index contributed by atoms with van der Waals surface area (Å²) in [6.45, 7) is 9.92. The molecule has 0 aliphatic heterocycles. The molecule has 0 fully saturated rings. The van der Waals surface area contributed by atoms with Gasteiger partial charge in [0.1, 0.15) is 5.82 Å². The lowest BCUT2D eigenvalue weighted by atomic mass is 10.2. The lowest BCUT2D eigenvalue weighted by Gasteiger charge is -2.06. The Hall–Kier alpha value is -1.91. The zero-order valence-electron chi connectivity index (χ0n) is 12.1. The molecule has 0 saturated carbocycles. The van der Waals surface area contributed by atoms with Gasteiger partial charge in [-0.15, -0.1) is 0 Å². The first kappa shape index (κ1) is 13.5. The van der Waals surface area contributed by atoms with Gasteiger partial charge in [-0.3, -0.25) is 9.67 Å². The zero-order valence-corrected chi connectivity index (χ0v) is 12.1. The van der Waals surface area contributed by atoms with Crippen LogP contribution in [0.4, 0.5) is 5.82 Å². The highest BCUT2D eigenvalue weighted by atomic mass is 15.3. The van der Waals surface area contributed by atoms with Crippen LogP contribution in [0.1, 0.15) is 36.0 Å². The molecule has 2 aromatic heterocycles. The van der Waals surface area contributed by atoms with Crippen LogP contribution in [0.2, 0.25) is 0 Å². The number of hydrogen-bond donors (Lipinski definition) is 1. The maximum atomic E-state index is 4.51. The molecule has 0 amide bonds. The second-order valence-corrected chi connectivity index (χ2v) is 4.77. The Bertz CT molecular complexity index is 542. The minimum atomic E-state index is 0.668. The van der Waals surface area contributed by atoms with Gasteiger partial charge in [0.05, 0.1) is 30.3 Å². The van der Waals surface area contributed by atoms with Gasteiger partial charge in [-0.2, -0.15) is 5.10 Å². The Morgan fingerprint density at radius 2 is 1.95 bits per heavy atom. The summed E-state index contributed by atoms with van der Waals surface area (Å²) >= 11 is 0. The maximum absolute atomic E-state index is 4.51. The van der Waals surface area contributed by atoms with E-state index in [1.54, 1.807) is 6.20 Å². The molecule has 1 N–H and O–H groups in total. The minimum Gasteiger partial charge on any atom is -0.369 e. The van der Waals surface area contributed by atoms with Crippen LogP contribution in [0.5, 0.6) is 0 Å². The average molecular weight is 259 g/mol. The fraction of sp³-hybridized carbons (Fsp3) is 0.500. The Labute approximate surface area is 114 Å². The molecule has 0 aromatic carbocycles. The van der Waals surface area contributed by atoms with Crippen molar-refractivity contribution >= 4 is 5.82 Å². The molecule has 0 saturated heterocycles. The first-order valence-corrected chi connectivity index (χ1v) is 6.67. The van der Waals surface area contributed by atoms with Gasteiger partial charge in [-0.1, -0.05) is 6.92 Å². The summed E-state index contributed by atoms with van der Waals surface area (Å²) in [5.74, 6) is 0.829. The smallest absolute Gasteiger partial charge is 0.144 e. The molecule has 102 valence electrons. The Morgan fingerprint density at radius 3 is 2.47 bits per heavy atom. The summed E-state index contributed by atoms with van der Waals surface area (Å²) in [6.07, 6.45) is 4.67. The SMILES string of the molecule is CCCNc1cnc(Cn2nc(C)c(C)c2C)cn1. The van der Waals surface area contributed by atoms with Crippen LogP contribution in [0, 0.1) is 20.8 Å². The molecule has 19 heavy (non-hydrogen) atoms. The van der Waals surface area contributed by atoms with Gasteiger partial charge < -0.3 is 5.32 Å². The second kappa shape index (κ2) is 5.82. The van der Waals surface area contributed by atoms with Crippen molar-refractivity contribution in [1.82, 2.24) is 19.7 Å². The van der Waals surface area contributed by atoms with Crippen molar-refractivity contribution in [3.63, 3.8) is 0 Å². The van der Waals surface area contributed by atoms with Crippen LogP contribution >= 0.6 is 0 Å². The van der Waals surface area contributed by atoms with E-state index in [0.29, 0.717) is 6.54 Å². The number of anilines is 1. The number of aryl methyl sites for hydroxylation is 1. The van der Waals surface area contributed by atoms with E-state index in [9.17, 15) is 0 Å². The summed E-state index contributed by atoms with van der Waals surface area (Å²) in [5, 5.41) is 7.72. The van der Waals surface area contributed by atoms with Crippen molar-refractivity contribution in [3.8, 4) is 0 Å².